The Labute approximate surface area is 240 Å². The van der Waals surface area contributed by atoms with Crippen molar-refractivity contribution >= 4 is 34.6 Å². The first kappa shape index (κ1) is 31.5. The van der Waals surface area contributed by atoms with Crippen molar-refractivity contribution in [2.24, 2.45) is 10.2 Å². The molecule has 8 nitrogen and oxygen atoms in total. The first-order chi connectivity index (χ1) is 18.3. The van der Waals surface area contributed by atoms with Crippen molar-refractivity contribution < 1.29 is 36.9 Å². The monoisotopic (exact) mass is 577 g/mol. The van der Waals surface area contributed by atoms with Gasteiger partial charge in [-0.1, -0.05) is 75.9 Å². The molecule has 2 amide bonds. The average molecular weight is 578 g/mol. The number of anilines is 2. The van der Waals surface area contributed by atoms with Crippen molar-refractivity contribution in [1.29, 1.82) is 0 Å². The number of hydrogen-bond acceptors (Lipinski definition) is 6. The largest absolute Gasteiger partial charge is 2.00 e. The average Bonchev–Trinajstić information content (AvgIpc) is 3.40. The van der Waals surface area contributed by atoms with Gasteiger partial charge in [-0.2, -0.15) is 20.2 Å². The Morgan fingerprint density at radius 2 is 1.00 bits per heavy atom. The maximum Gasteiger partial charge on any atom is 2.00 e. The molecule has 2 aliphatic rings. The van der Waals surface area contributed by atoms with Crippen LogP contribution >= 0.6 is 0 Å². The SMILES string of the molecule is CCCCC([O-])=C1C(=O)N(c2ccccc2)N=C1C.CCCCC([O-])=C1C(=O)N(c2ccccc2)N=C1C.[Cu+2]. The zero-order valence-electron chi connectivity index (χ0n) is 22.7. The number of para-hydroxylation sites is 2. The Balaban J connectivity index is 0.000000267. The van der Waals surface area contributed by atoms with Crippen LogP contribution in [0, 0.1) is 0 Å². The van der Waals surface area contributed by atoms with Crippen molar-refractivity contribution in [2.45, 2.75) is 66.2 Å². The van der Waals surface area contributed by atoms with Crippen molar-refractivity contribution in [3.8, 4) is 0 Å². The minimum absolute atomic E-state index is 0. The van der Waals surface area contributed by atoms with Gasteiger partial charge in [-0.25, -0.2) is 0 Å². The van der Waals surface area contributed by atoms with Gasteiger partial charge in [0.1, 0.15) is 0 Å². The number of carbonyl (C=O) groups excluding carboxylic acids is 2. The molecule has 0 bridgehead atoms. The number of hydrogen-bond donors (Lipinski definition) is 0. The number of unbranched alkanes of at least 4 members (excludes halogenated alkanes) is 2. The number of hydrazone groups is 2. The fourth-order valence-electron chi connectivity index (χ4n) is 4.07. The standard InChI is InChI=1S/2C15H18N2O2.Cu/c2*1-3-4-10-13(18)14-11(2)16-17(15(14)19)12-8-6-5-7-9-12;/h2*5-9,18H,3-4,10H2,1-2H3;/q;;+2/p-2. The number of carbonyl (C=O) groups is 2. The van der Waals surface area contributed by atoms with Crippen molar-refractivity contribution in [3.63, 3.8) is 0 Å². The van der Waals surface area contributed by atoms with Gasteiger partial charge in [-0.15, -0.1) is 11.5 Å². The summed E-state index contributed by atoms with van der Waals surface area (Å²) in [4.78, 5) is 24.5. The van der Waals surface area contributed by atoms with Crippen LogP contribution in [0.1, 0.15) is 66.2 Å². The third-order valence-electron chi connectivity index (χ3n) is 6.11. The molecule has 2 aromatic rings. The van der Waals surface area contributed by atoms with Crippen LogP contribution in [0.5, 0.6) is 0 Å². The Bertz CT molecular complexity index is 1170. The third kappa shape index (κ3) is 7.68. The van der Waals surface area contributed by atoms with Crippen LogP contribution in [0.15, 0.2) is 93.5 Å². The molecular formula is C30H34CuN4O4. The van der Waals surface area contributed by atoms with E-state index in [9.17, 15) is 19.8 Å². The van der Waals surface area contributed by atoms with E-state index in [1.807, 2.05) is 50.2 Å². The zero-order chi connectivity index (χ0) is 27.7. The van der Waals surface area contributed by atoms with Crippen LogP contribution in [-0.2, 0) is 26.7 Å². The summed E-state index contributed by atoms with van der Waals surface area (Å²) in [5.41, 5.74) is 2.86. The van der Waals surface area contributed by atoms with E-state index in [0.717, 1.165) is 25.7 Å². The summed E-state index contributed by atoms with van der Waals surface area (Å²) in [6.07, 6.45) is 4.29. The molecule has 1 radical (unpaired) electrons. The second-order valence-electron chi connectivity index (χ2n) is 9.08. The molecule has 0 aliphatic carbocycles. The topological polar surface area (TPSA) is 111 Å². The fraction of sp³-hybridized carbons (Fsp3) is 0.333. The zero-order valence-corrected chi connectivity index (χ0v) is 23.7. The van der Waals surface area contributed by atoms with Gasteiger partial charge in [0, 0.05) is 0 Å². The Morgan fingerprint density at radius 1 is 0.667 bits per heavy atom. The van der Waals surface area contributed by atoms with Crippen molar-refractivity contribution in [3.05, 3.63) is 83.3 Å². The molecule has 2 aromatic carbocycles. The van der Waals surface area contributed by atoms with Crippen LogP contribution < -0.4 is 20.2 Å². The van der Waals surface area contributed by atoms with Gasteiger partial charge in [-0.3, -0.25) is 9.59 Å². The Morgan fingerprint density at radius 3 is 1.31 bits per heavy atom. The van der Waals surface area contributed by atoms with Gasteiger partial charge in [0.15, 0.2) is 0 Å². The minimum Gasteiger partial charge on any atom is -0.875 e. The molecule has 4 rings (SSSR count). The van der Waals surface area contributed by atoms with Gasteiger partial charge in [0.05, 0.1) is 33.9 Å². The van der Waals surface area contributed by atoms with Crippen LogP contribution in [0.4, 0.5) is 11.4 Å². The molecule has 0 saturated carbocycles. The van der Waals surface area contributed by atoms with E-state index in [-0.39, 0.29) is 51.5 Å². The van der Waals surface area contributed by atoms with E-state index in [1.165, 1.54) is 10.0 Å². The number of rotatable bonds is 8. The quantitative estimate of drug-likeness (QED) is 0.262. The molecule has 0 unspecified atom stereocenters. The summed E-state index contributed by atoms with van der Waals surface area (Å²) >= 11 is 0. The smallest absolute Gasteiger partial charge is 0.875 e. The predicted octanol–water partition coefficient (Wildman–Crippen LogP) is 4.42. The van der Waals surface area contributed by atoms with E-state index >= 15 is 0 Å². The molecule has 0 aromatic heterocycles. The number of benzene rings is 2. The molecule has 0 N–H and O–H groups in total. The molecule has 39 heavy (non-hydrogen) atoms. The minimum atomic E-state index is -0.315. The number of nitrogens with zero attached hydrogens (tertiary/aromatic N) is 4. The molecule has 0 spiro atoms. The maximum atomic E-state index is 12.3. The molecule has 2 aliphatic heterocycles. The number of amides is 2. The maximum absolute atomic E-state index is 12.3. The molecule has 209 valence electrons. The molecular weight excluding hydrogens is 544 g/mol. The van der Waals surface area contributed by atoms with Gasteiger partial charge < -0.3 is 10.2 Å². The molecule has 2 heterocycles. The summed E-state index contributed by atoms with van der Waals surface area (Å²) < 4.78 is 0. The number of allylic oxidation sites excluding steroid dienone is 2. The Hall–Kier alpha value is -3.68. The van der Waals surface area contributed by atoms with Gasteiger partial charge in [0.25, 0.3) is 11.8 Å². The Kier molecular flexibility index (Phi) is 12.2. The molecule has 0 atom stereocenters. The predicted molar refractivity (Wildman–Crippen MR) is 147 cm³/mol. The molecule has 0 fully saturated rings. The summed E-state index contributed by atoms with van der Waals surface area (Å²) in [5, 5.41) is 35.1. The summed E-state index contributed by atoms with van der Waals surface area (Å²) in [6.45, 7) is 7.46. The normalized spacial score (nSPS) is 17.2. The van der Waals surface area contributed by atoms with Crippen molar-refractivity contribution in [2.75, 3.05) is 10.0 Å². The van der Waals surface area contributed by atoms with Crippen LogP contribution in [0.2, 0.25) is 0 Å². The summed E-state index contributed by atoms with van der Waals surface area (Å²) in [6, 6.07) is 18.3. The van der Waals surface area contributed by atoms with E-state index in [2.05, 4.69) is 10.2 Å². The van der Waals surface area contributed by atoms with Gasteiger partial charge in [0.2, 0.25) is 0 Å². The first-order valence-electron chi connectivity index (χ1n) is 13.0. The van der Waals surface area contributed by atoms with E-state index < -0.39 is 0 Å². The summed E-state index contributed by atoms with van der Waals surface area (Å²) in [5.74, 6) is -0.840. The third-order valence-corrected chi connectivity index (χ3v) is 6.11. The van der Waals surface area contributed by atoms with Crippen molar-refractivity contribution in [1.82, 2.24) is 0 Å². The van der Waals surface area contributed by atoms with E-state index in [0.29, 0.717) is 35.6 Å². The van der Waals surface area contributed by atoms with E-state index in [1.54, 1.807) is 38.1 Å². The fourth-order valence-corrected chi connectivity index (χ4v) is 4.07. The molecule has 9 heteroatoms. The van der Waals surface area contributed by atoms with Gasteiger partial charge in [-0.05, 0) is 51.0 Å². The second-order valence-corrected chi connectivity index (χ2v) is 9.08. The second kappa shape index (κ2) is 15.0. The van der Waals surface area contributed by atoms with Crippen LogP contribution in [-0.4, -0.2) is 23.2 Å². The van der Waals surface area contributed by atoms with Crippen LogP contribution in [0.25, 0.3) is 0 Å². The first-order valence-corrected chi connectivity index (χ1v) is 13.0. The van der Waals surface area contributed by atoms with E-state index in [4.69, 9.17) is 0 Å². The summed E-state index contributed by atoms with van der Waals surface area (Å²) in [7, 11) is 0. The molecule has 0 saturated heterocycles. The van der Waals surface area contributed by atoms with Crippen LogP contribution in [0.3, 0.4) is 0 Å². The van der Waals surface area contributed by atoms with Gasteiger partial charge >= 0.3 is 17.1 Å².